The minimum absolute atomic E-state index is 0.398. The Hall–Kier alpha value is -3.85. The number of ether oxygens (including phenoxy) is 2. The molecular formula is C23H20N2O4. The maximum Gasteiger partial charge on any atom is 0.313 e. The molecule has 0 radical (unpaired) electrons. The van der Waals surface area contributed by atoms with Crippen molar-refractivity contribution in [2.45, 2.75) is 12.8 Å². The lowest BCUT2D eigenvalue weighted by Crippen LogP contribution is -2.23. The predicted molar refractivity (Wildman–Crippen MR) is 110 cm³/mol. The van der Waals surface area contributed by atoms with E-state index in [2.05, 4.69) is 5.32 Å². The van der Waals surface area contributed by atoms with Crippen LogP contribution in [0, 0.1) is 11.3 Å². The Labute approximate surface area is 168 Å². The minimum Gasteiger partial charge on any atom is -0.497 e. The largest absolute Gasteiger partial charge is 0.497 e. The van der Waals surface area contributed by atoms with Crippen LogP contribution in [0.2, 0.25) is 0 Å². The molecule has 0 unspecified atom stereocenters. The SMILES string of the molecule is COc1ccc2cc([C@H](C)C(=O)OCC(=O)Nc3cccc(C#N)c3)ccc2c1. The Kier molecular flexibility index (Phi) is 6.10. The van der Waals surface area contributed by atoms with Crippen molar-refractivity contribution in [2.75, 3.05) is 19.0 Å². The summed E-state index contributed by atoms with van der Waals surface area (Å²) in [4.78, 5) is 24.4. The third-order valence-corrected chi connectivity index (χ3v) is 4.55. The van der Waals surface area contributed by atoms with Gasteiger partial charge in [-0.3, -0.25) is 9.59 Å². The van der Waals surface area contributed by atoms with Gasteiger partial charge in [0.2, 0.25) is 0 Å². The van der Waals surface area contributed by atoms with Crippen LogP contribution in [0.1, 0.15) is 24.0 Å². The molecular weight excluding hydrogens is 368 g/mol. The second-order valence-corrected chi connectivity index (χ2v) is 6.54. The molecule has 1 atom stereocenters. The van der Waals surface area contributed by atoms with Crippen LogP contribution in [0.4, 0.5) is 5.69 Å². The third kappa shape index (κ3) is 4.90. The van der Waals surface area contributed by atoms with Gasteiger partial charge < -0.3 is 14.8 Å². The van der Waals surface area contributed by atoms with Crippen molar-refractivity contribution in [1.29, 1.82) is 5.26 Å². The number of nitrogens with one attached hydrogen (secondary N) is 1. The highest BCUT2D eigenvalue weighted by Gasteiger charge is 2.18. The van der Waals surface area contributed by atoms with E-state index in [9.17, 15) is 9.59 Å². The fourth-order valence-corrected chi connectivity index (χ4v) is 2.90. The molecule has 1 amide bonds. The van der Waals surface area contributed by atoms with E-state index in [0.29, 0.717) is 11.3 Å². The van der Waals surface area contributed by atoms with E-state index >= 15 is 0 Å². The smallest absolute Gasteiger partial charge is 0.313 e. The number of hydrogen-bond acceptors (Lipinski definition) is 5. The molecule has 0 fully saturated rings. The number of hydrogen-bond donors (Lipinski definition) is 1. The number of anilines is 1. The van der Waals surface area contributed by atoms with E-state index in [4.69, 9.17) is 14.7 Å². The van der Waals surface area contributed by atoms with Crippen molar-refractivity contribution < 1.29 is 19.1 Å². The first-order valence-corrected chi connectivity index (χ1v) is 9.04. The lowest BCUT2D eigenvalue weighted by atomic mass is 9.98. The molecule has 0 saturated heterocycles. The summed E-state index contributed by atoms with van der Waals surface area (Å²) in [5.74, 6) is -0.703. The van der Waals surface area contributed by atoms with Crippen molar-refractivity contribution in [3.05, 3.63) is 71.8 Å². The molecule has 0 heterocycles. The fraction of sp³-hybridized carbons (Fsp3) is 0.174. The molecule has 0 aliphatic rings. The Morgan fingerprint density at radius 3 is 2.59 bits per heavy atom. The molecule has 0 aromatic heterocycles. The van der Waals surface area contributed by atoms with E-state index in [1.807, 2.05) is 42.5 Å². The summed E-state index contributed by atoms with van der Waals surface area (Å²) in [6.07, 6.45) is 0. The molecule has 0 bridgehead atoms. The summed E-state index contributed by atoms with van der Waals surface area (Å²) < 4.78 is 10.4. The molecule has 146 valence electrons. The van der Waals surface area contributed by atoms with Gasteiger partial charge in [0.15, 0.2) is 6.61 Å². The second kappa shape index (κ2) is 8.89. The molecule has 0 spiro atoms. The van der Waals surface area contributed by atoms with Crippen LogP contribution in [0.5, 0.6) is 5.75 Å². The molecule has 29 heavy (non-hydrogen) atoms. The zero-order valence-corrected chi connectivity index (χ0v) is 16.1. The van der Waals surface area contributed by atoms with Crippen molar-refractivity contribution in [1.82, 2.24) is 0 Å². The van der Waals surface area contributed by atoms with Gasteiger partial charge in [0.25, 0.3) is 5.91 Å². The molecule has 3 rings (SSSR count). The highest BCUT2D eigenvalue weighted by atomic mass is 16.5. The summed E-state index contributed by atoms with van der Waals surface area (Å²) in [5.41, 5.74) is 1.71. The lowest BCUT2D eigenvalue weighted by molar-refractivity contribution is -0.148. The first kappa shape index (κ1) is 19.9. The molecule has 1 N–H and O–H groups in total. The van der Waals surface area contributed by atoms with Crippen molar-refractivity contribution in [3.8, 4) is 11.8 Å². The average Bonchev–Trinajstić information content (AvgIpc) is 2.76. The fourth-order valence-electron chi connectivity index (χ4n) is 2.90. The molecule has 6 heteroatoms. The van der Waals surface area contributed by atoms with Gasteiger partial charge in [-0.25, -0.2) is 0 Å². The number of fused-ring (bicyclic) bond motifs is 1. The van der Waals surface area contributed by atoms with E-state index in [-0.39, 0.29) is 0 Å². The summed E-state index contributed by atoms with van der Waals surface area (Å²) in [6.45, 7) is 1.34. The number of nitrogens with zero attached hydrogens (tertiary/aromatic N) is 1. The van der Waals surface area contributed by atoms with Crippen LogP contribution < -0.4 is 10.1 Å². The number of esters is 1. The quantitative estimate of drug-likeness (QED) is 0.645. The van der Waals surface area contributed by atoms with Gasteiger partial charge >= 0.3 is 5.97 Å². The van der Waals surface area contributed by atoms with Crippen LogP contribution >= 0.6 is 0 Å². The first-order valence-electron chi connectivity index (χ1n) is 9.04. The number of methoxy groups -OCH3 is 1. The van der Waals surface area contributed by atoms with E-state index in [1.165, 1.54) is 0 Å². The molecule has 3 aromatic carbocycles. The van der Waals surface area contributed by atoms with Crippen molar-refractivity contribution >= 4 is 28.3 Å². The average molecular weight is 388 g/mol. The van der Waals surface area contributed by atoms with Gasteiger partial charge in [0.1, 0.15) is 5.75 Å². The molecule has 6 nitrogen and oxygen atoms in total. The Balaban J connectivity index is 1.60. The summed E-state index contributed by atoms with van der Waals surface area (Å²) >= 11 is 0. The number of benzene rings is 3. The summed E-state index contributed by atoms with van der Waals surface area (Å²) in [7, 11) is 1.62. The van der Waals surface area contributed by atoms with Crippen molar-refractivity contribution in [2.24, 2.45) is 0 Å². The number of carbonyl (C=O) groups excluding carboxylic acids is 2. The predicted octanol–water partition coefficient (Wildman–Crippen LogP) is 4.01. The highest BCUT2D eigenvalue weighted by molar-refractivity contribution is 5.93. The molecule has 3 aromatic rings. The monoisotopic (exact) mass is 388 g/mol. The molecule has 0 aliphatic carbocycles. The van der Waals surface area contributed by atoms with Crippen LogP contribution in [0.25, 0.3) is 10.8 Å². The highest BCUT2D eigenvalue weighted by Crippen LogP contribution is 2.25. The van der Waals surface area contributed by atoms with Gasteiger partial charge in [0, 0.05) is 5.69 Å². The number of nitriles is 1. The Morgan fingerprint density at radius 2 is 1.83 bits per heavy atom. The normalized spacial score (nSPS) is 11.3. The van der Waals surface area contributed by atoms with Gasteiger partial charge in [-0.1, -0.05) is 30.3 Å². The summed E-state index contributed by atoms with van der Waals surface area (Å²) in [6, 6.07) is 19.9. The number of rotatable bonds is 6. The molecule has 0 saturated carbocycles. The number of carbonyl (C=O) groups is 2. The first-order chi connectivity index (χ1) is 14.0. The maximum atomic E-state index is 12.4. The van der Waals surface area contributed by atoms with E-state index in [1.54, 1.807) is 38.3 Å². The van der Waals surface area contributed by atoms with Crippen LogP contribution in [-0.4, -0.2) is 25.6 Å². The Morgan fingerprint density at radius 1 is 1.07 bits per heavy atom. The lowest BCUT2D eigenvalue weighted by Gasteiger charge is -2.13. The van der Waals surface area contributed by atoms with Crippen LogP contribution in [-0.2, 0) is 14.3 Å². The third-order valence-electron chi connectivity index (χ3n) is 4.55. The second-order valence-electron chi connectivity index (χ2n) is 6.54. The zero-order chi connectivity index (χ0) is 20.8. The maximum absolute atomic E-state index is 12.4. The summed E-state index contributed by atoms with van der Waals surface area (Å²) in [5, 5.41) is 13.5. The van der Waals surface area contributed by atoms with Gasteiger partial charge in [0.05, 0.1) is 24.7 Å². The number of amides is 1. The standard InChI is InChI=1S/C23H20N2O4/c1-15(17-6-7-19-12-21(28-2)9-8-18(19)11-17)23(27)29-14-22(26)25-20-5-3-4-16(10-20)13-24/h3-12,15H,14H2,1-2H3,(H,25,26)/t15-/m0/s1. The topological polar surface area (TPSA) is 88.4 Å². The van der Waals surface area contributed by atoms with Crippen LogP contribution in [0.3, 0.4) is 0 Å². The van der Waals surface area contributed by atoms with E-state index in [0.717, 1.165) is 22.1 Å². The van der Waals surface area contributed by atoms with E-state index < -0.39 is 24.4 Å². The minimum atomic E-state index is -0.517. The van der Waals surface area contributed by atoms with Crippen LogP contribution in [0.15, 0.2) is 60.7 Å². The van der Waals surface area contributed by atoms with Gasteiger partial charge in [-0.2, -0.15) is 5.26 Å². The van der Waals surface area contributed by atoms with Gasteiger partial charge in [-0.15, -0.1) is 0 Å². The Bertz CT molecular complexity index is 1100. The van der Waals surface area contributed by atoms with Crippen molar-refractivity contribution in [3.63, 3.8) is 0 Å². The molecule has 0 aliphatic heterocycles. The zero-order valence-electron chi connectivity index (χ0n) is 16.1. The van der Waals surface area contributed by atoms with Gasteiger partial charge in [-0.05, 0) is 53.6 Å².